The number of carbonyl (C=O) groups excluding carboxylic acids is 2. The first-order chi connectivity index (χ1) is 15.8. The molecule has 5 atom stereocenters. The molecule has 3 saturated carbocycles. The molecule has 33 heavy (non-hydrogen) atoms. The van der Waals surface area contributed by atoms with Crippen LogP contribution in [-0.2, 0) is 14.3 Å². The summed E-state index contributed by atoms with van der Waals surface area (Å²) in [7, 11) is 0. The minimum atomic E-state index is -0.407. The fourth-order valence-electron chi connectivity index (χ4n) is 7.57. The summed E-state index contributed by atoms with van der Waals surface area (Å²) >= 11 is 0. The lowest BCUT2D eigenvalue weighted by atomic mass is 9.58. The minimum absolute atomic E-state index is 0.0247. The zero-order valence-electron chi connectivity index (χ0n) is 20.3. The number of ether oxygens (including phenoxy) is 1. The van der Waals surface area contributed by atoms with E-state index in [1.54, 1.807) is 0 Å². The van der Waals surface area contributed by atoms with Gasteiger partial charge in [-0.05, 0) is 73.5 Å². The van der Waals surface area contributed by atoms with E-state index in [-0.39, 0.29) is 46.7 Å². The van der Waals surface area contributed by atoms with Crippen LogP contribution in [0.15, 0.2) is 30.3 Å². The molecule has 1 amide bonds. The van der Waals surface area contributed by atoms with E-state index >= 15 is 0 Å². The highest BCUT2D eigenvalue weighted by molar-refractivity contribution is 5.91. The Bertz CT molecular complexity index is 1030. The third-order valence-corrected chi connectivity index (χ3v) is 9.63. The van der Waals surface area contributed by atoms with Crippen molar-refractivity contribution >= 4 is 17.4 Å². The number of allylic oxidation sites excluding steroid dienone is 2. The Kier molecular flexibility index (Phi) is 4.68. The number of hydrogen-bond donors (Lipinski definition) is 1. The summed E-state index contributed by atoms with van der Waals surface area (Å²) in [4.78, 5) is 26.7. The maximum absolute atomic E-state index is 13.9. The molecule has 1 N–H and O–H groups in total. The first-order valence-electron chi connectivity index (χ1n) is 13.1. The van der Waals surface area contributed by atoms with Crippen molar-refractivity contribution in [3.63, 3.8) is 0 Å². The molecule has 4 nitrogen and oxygen atoms in total. The van der Waals surface area contributed by atoms with Crippen LogP contribution in [0.3, 0.4) is 0 Å². The van der Waals surface area contributed by atoms with Gasteiger partial charge in [0.05, 0.1) is 5.92 Å². The molecule has 0 bridgehead atoms. The van der Waals surface area contributed by atoms with E-state index in [9.17, 15) is 9.59 Å². The first-order valence-corrected chi connectivity index (χ1v) is 13.1. The van der Waals surface area contributed by atoms with E-state index < -0.39 is 5.41 Å². The molecule has 1 unspecified atom stereocenters. The quantitative estimate of drug-likeness (QED) is 0.599. The molecule has 5 aliphatic rings. The van der Waals surface area contributed by atoms with Crippen LogP contribution < -0.4 is 5.32 Å². The summed E-state index contributed by atoms with van der Waals surface area (Å²) in [5.41, 5.74) is 3.64. The van der Waals surface area contributed by atoms with Crippen molar-refractivity contribution in [3.05, 3.63) is 41.5 Å². The molecule has 4 heteroatoms. The van der Waals surface area contributed by atoms with Crippen molar-refractivity contribution in [2.75, 3.05) is 0 Å². The molecule has 0 heterocycles. The SMILES string of the molecule is CC(C)(C)C(=O)N[C@@H]1CCC[C@@]12CCC[C@H]2OC(=O)[C@H]1C2C(=CCC13CC3)c1ccccc12. The van der Waals surface area contributed by atoms with Gasteiger partial charge in [0.2, 0.25) is 5.91 Å². The normalized spacial score (nSPS) is 35.4. The topological polar surface area (TPSA) is 55.4 Å². The van der Waals surface area contributed by atoms with E-state index in [1.165, 1.54) is 16.7 Å². The van der Waals surface area contributed by atoms with Crippen LogP contribution in [0.1, 0.15) is 95.6 Å². The van der Waals surface area contributed by atoms with E-state index in [0.717, 1.165) is 57.8 Å². The van der Waals surface area contributed by atoms with E-state index in [1.807, 2.05) is 20.8 Å². The molecule has 0 aliphatic heterocycles. The van der Waals surface area contributed by atoms with Gasteiger partial charge in [-0.25, -0.2) is 0 Å². The number of rotatable bonds is 3. The van der Waals surface area contributed by atoms with Gasteiger partial charge in [0.25, 0.3) is 0 Å². The summed E-state index contributed by atoms with van der Waals surface area (Å²) in [5, 5.41) is 3.36. The van der Waals surface area contributed by atoms with Gasteiger partial charge in [0.15, 0.2) is 0 Å². The van der Waals surface area contributed by atoms with Crippen LogP contribution in [0.2, 0.25) is 0 Å². The molecule has 1 aromatic carbocycles. The van der Waals surface area contributed by atoms with Crippen molar-refractivity contribution in [1.82, 2.24) is 5.32 Å². The van der Waals surface area contributed by atoms with Crippen LogP contribution in [-0.4, -0.2) is 24.0 Å². The molecule has 5 aliphatic carbocycles. The Morgan fingerprint density at radius 2 is 1.76 bits per heavy atom. The molecule has 6 rings (SSSR count). The van der Waals surface area contributed by atoms with Crippen molar-refractivity contribution in [2.45, 2.75) is 96.6 Å². The second-order valence-corrected chi connectivity index (χ2v) is 12.5. The van der Waals surface area contributed by atoms with Crippen molar-refractivity contribution in [1.29, 1.82) is 0 Å². The maximum Gasteiger partial charge on any atom is 0.310 e. The van der Waals surface area contributed by atoms with Crippen molar-refractivity contribution < 1.29 is 14.3 Å². The number of amides is 1. The van der Waals surface area contributed by atoms with E-state index in [4.69, 9.17) is 4.74 Å². The molecule has 3 fully saturated rings. The monoisotopic (exact) mass is 447 g/mol. The molecule has 0 aromatic heterocycles. The van der Waals surface area contributed by atoms with Gasteiger partial charge in [0, 0.05) is 22.8 Å². The Balaban J connectivity index is 1.24. The lowest BCUT2D eigenvalue weighted by Crippen LogP contribution is -2.52. The molecule has 2 spiro atoms. The molecular formula is C29H37NO3. The minimum Gasteiger partial charge on any atom is -0.461 e. The number of esters is 1. The lowest BCUT2D eigenvalue weighted by Gasteiger charge is -2.46. The Hall–Kier alpha value is -2.10. The lowest BCUT2D eigenvalue weighted by molar-refractivity contribution is -0.164. The molecule has 176 valence electrons. The average molecular weight is 448 g/mol. The van der Waals surface area contributed by atoms with E-state index in [0.29, 0.717) is 0 Å². The number of hydrogen-bond acceptors (Lipinski definition) is 3. The fourth-order valence-corrected chi connectivity index (χ4v) is 7.57. The third-order valence-electron chi connectivity index (χ3n) is 9.63. The predicted octanol–water partition coefficient (Wildman–Crippen LogP) is 5.76. The van der Waals surface area contributed by atoms with Crippen LogP contribution >= 0.6 is 0 Å². The highest BCUT2D eigenvalue weighted by Crippen LogP contribution is 2.68. The van der Waals surface area contributed by atoms with Gasteiger partial charge in [-0.2, -0.15) is 0 Å². The molecule has 0 radical (unpaired) electrons. The van der Waals surface area contributed by atoms with Crippen LogP contribution in [0.25, 0.3) is 5.57 Å². The summed E-state index contributed by atoms with van der Waals surface area (Å²) in [6.07, 6.45) is 11.8. The standard InChI is InChI=1S/C29H37NO3/c1-27(2,3)26(32)30-21-10-6-13-29(21)14-7-11-22(29)33-25(31)24-23-19-9-5-4-8-18(19)20(23)12-15-28(24)16-17-28/h4-5,8-9,12,21-24H,6-7,10-11,13-17H2,1-3H3,(H,30,32)/t21-,22-,23?,24-,29-/m1/s1. The maximum atomic E-state index is 13.9. The van der Waals surface area contributed by atoms with Crippen LogP contribution in [0.4, 0.5) is 0 Å². The molecule has 1 aromatic rings. The first kappa shape index (κ1) is 21.4. The van der Waals surface area contributed by atoms with Gasteiger partial charge in [0.1, 0.15) is 6.10 Å². The second kappa shape index (κ2) is 7.20. The van der Waals surface area contributed by atoms with Gasteiger partial charge in [-0.1, -0.05) is 57.5 Å². The summed E-state index contributed by atoms with van der Waals surface area (Å²) in [6.45, 7) is 5.90. The smallest absolute Gasteiger partial charge is 0.310 e. The molecular weight excluding hydrogens is 410 g/mol. The summed E-state index contributed by atoms with van der Waals surface area (Å²) in [5.74, 6) is 0.295. The number of benzene rings is 1. The Labute approximate surface area is 197 Å². The zero-order valence-corrected chi connectivity index (χ0v) is 20.3. The van der Waals surface area contributed by atoms with Crippen molar-refractivity contribution in [3.8, 4) is 0 Å². The number of carbonyl (C=O) groups is 2. The average Bonchev–Trinajstić information content (AvgIpc) is 3.24. The van der Waals surface area contributed by atoms with Crippen LogP contribution in [0.5, 0.6) is 0 Å². The zero-order chi connectivity index (χ0) is 23.0. The third kappa shape index (κ3) is 3.15. The highest BCUT2D eigenvalue weighted by Gasteiger charge is 2.62. The largest absolute Gasteiger partial charge is 0.461 e. The summed E-state index contributed by atoms with van der Waals surface area (Å²) in [6, 6.07) is 8.70. The van der Waals surface area contributed by atoms with Crippen molar-refractivity contribution in [2.24, 2.45) is 22.2 Å². The van der Waals surface area contributed by atoms with Gasteiger partial charge >= 0.3 is 5.97 Å². The Morgan fingerprint density at radius 1 is 1.03 bits per heavy atom. The second-order valence-electron chi connectivity index (χ2n) is 12.5. The highest BCUT2D eigenvalue weighted by atomic mass is 16.5. The van der Waals surface area contributed by atoms with Crippen LogP contribution in [0, 0.1) is 22.2 Å². The Morgan fingerprint density at radius 3 is 2.48 bits per heavy atom. The van der Waals surface area contributed by atoms with Gasteiger partial charge in [-0.15, -0.1) is 0 Å². The number of fused-ring (bicyclic) bond motifs is 4. The number of nitrogens with one attached hydrogen (secondary N) is 1. The van der Waals surface area contributed by atoms with Gasteiger partial charge < -0.3 is 10.1 Å². The summed E-state index contributed by atoms with van der Waals surface area (Å²) < 4.78 is 6.51. The van der Waals surface area contributed by atoms with E-state index in [2.05, 4.69) is 35.7 Å². The predicted molar refractivity (Wildman–Crippen MR) is 128 cm³/mol. The van der Waals surface area contributed by atoms with Gasteiger partial charge in [-0.3, -0.25) is 9.59 Å². The fraction of sp³-hybridized carbons (Fsp3) is 0.655. The molecule has 0 saturated heterocycles.